The Balaban J connectivity index is 1.36. The maximum Gasteiger partial charge on any atom is 0.254 e. The van der Waals surface area contributed by atoms with Crippen LogP contribution in [0.4, 0.5) is 4.39 Å². The number of para-hydroxylation sites is 2. The molecule has 188 valence electrons. The number of imidazole rings is 1. The zero-order valence-electron chi connectivity index (χ0n) is 21.3. The second-order valence-electron chi connectivity index (χ2n) is 9.41. The number of amides is 1. The van der Waals surface area contributed by atoms with Crippen LogP contribution in [0.25, 0.3) is 11.0 Å². The lowest BCUT2D eigenvalue weighted by molar-refractivity contribution is 0.0949. The third-order valence-electron chi connectivity index (χ3n) is 6.29. The number of aromatic nitrogens is 2. The number of benzene rings is 3. The normalized spacial score (nSPS) is 11.2. The van der Waals surface area contributed by atoms with Gasteiger partial charge in [0.1, 0.15) is 17.4 Å². The minimum Gasteiger partial charge on any atom is -0.493 e. The molecule has 1 amide bonds. The van der Waals surface area contributed by atoms with Crippen molar-refractivity contribution in [1.29, 1.82) is 0 Å². The van der Waals surface area contributed by atoms with Crippen LogP contribution >= 0.6 is 0 Å². The van der Waals surface area contributed by atoms with Gasteiger partial charge in [-0.1, -0.05) is 50.2 Å². The predicted octanol–water partition coefficient (Wildman–Crippen LogP) is 6.44. The van der Waals surface area contributed by atoms with E-state index >= 15 is 0 Å². The number of rotatable bonds is 11. The van der Waals surface area contributed by atoms with E-state index in [2.05, 4.69) is 54.9 Å². The zero-order chi connectivity index (χ0) is 25.5. The van der Waals surface area contributed by atoms with Crippen molar-refractivity contribution in [2.45, 2.75) is 52.5 Å². The molecule has 0 aliphatic carbocycles. The van der Waals surface area contributed by atoms with Gasteiger partial charge in [-0.2, -0.15) is 0 Å². The van der Waals surface area contributed by atoms with Crippen LogP contribution in [0, 0.1) is 12.7 Å². The van der Waals surface area contributed by atoms with Gasteiger partial charge in [-0.25, -0.2) is 9.37 Å². The summed E-state index contributed by atoms with van der Waals surface area (Å²) in [5, 5.41) is 2.82. The fraction of sp³-hybridized carbons (Fsp3) is 0.333. The molecule has 0 aliphatic heterocycles. The van der Waals surface area contributed by atoms with E-state index < -0.39 is 11.7 Å². The fourth-order valence-corrected chi connectivity index (χ4v) is 4.40. The Bertz CT molecular complexity index is 1330. The molecule has 0 saturated carbocycles. The number of fused-ring (bicyclic) bond motifs is 1. The van der Waals surface area contributed by atoms with Crippen molar-refractivity contribution >= 4 is 16.9 Å². The zero-order valence-corrected chi connectivity index (χ0v) is 21.3. The Morgan fingerprint density at radius 2 is 1.83 bits per heavy atom. The maximum atomic E-state index is 13.8. The van der Waals surface area contributed by atoms with Crippen LogP contribution in [0.2, 0.25) is 0 Å². The van der Waals surface area contributed by atoms with Crippen molar-refractivity contribution in [3.05, 3.63) is 95.1 Å². The lowest BCUT2D eigenvalue weighted by Crippen LogP contribution is -2.25. The standard InChI is InChI=1S/C30H34FN3O2/c1-21(2)23-16-15-22(3)20-28(23)36-19-9-18-34-27-13-7-6-12-26(27)33-29(34)14-8-17-32-30(35)24-10-4-5-11-25(24)31/h4-7,10-13,15-16,20-21H,8-9,14,17-19H2,1-3H3,(H,32,35). The second-order valence-corrected chi connectivity index (χ2v) is 9.41. The Morgan fingerprint density at radius 1 is 1.06 bits per heavy atom. The van der Waals surface area contributed by atoms with Crippen molar-refractivity contribution in [3.8, 4) is 5.75 Å². The van der Waals surface area contributed by atoms with E-state index in [4.69, 9.17) is 9.72 Å². The molecule has 1 aromatic heterocycles. The number of aryl methyl sites for hydroxylation is 3. The van der Waals surface area contributed by atoms with Gasteiger partial charge in [0.2, 0.25) is 0 Å². The topological polar surface area (TPSA) is 56.1 Å². The van der Waals surface area contributed by atoms with Crippen LogP contribution in [0.1, 0.15) is 59.9 Å². The molecule has 5 nitrogen and oxygen atoms in total. The molecule has 0 saturated heterocycles. The molecule has 0 unspecified atom stereocenters. The van der Waals surface area contributed by atoms with E-state index in [1.54, 1.807) is 12.1 Å². The molecule has 0 bridgehead atoms. The highest BCUT2D eigenvalue weighted by molar-refractivity contribution is 5.94. The molecule has 1 heterocycles. The van der Waals surface area contributed by atoms with Gasteiger partial charge in [-0.15, -0.1) is 0 Å². The molecule has 1 N–H and O–H groups in total. The molecule has 36 heavy (non-hydrogen) atoms. The SMILES string of the molecule is Cc1ccc(C(C)C)c(OCCCn2c(CCCNC(=O)c3ccccc3F)nc3ccccc32)c1. The van der Waals surface area contributed by atoms with Crippen molar-refractivity contribution < 1.29 is 13.9 Å². The maximum absolute atomic E-state index is 13.8. The molecule has 0 spiro atoms. The van der Waals surface area contributed by atoms with Crippen molar-refractivity contribution in [1.82, 2.24) is 14.9 Å². The lowest BCUT2D eigenvalue weighted by atomic mass is 10.0. The minimum atomic E-state index is -0.509. The van der Waals surface area contributed by atoms with Crippen molar-refractivity contribution in [3.63, 3.8) is 0 Å². The number of carbonyl (C=O) groups excluding carboxylic acids is 1. The Morgan fingerprint density at radius 3 is 2.64 bits per heavy atom. The third-order valence-corrected chi connectivity index (χ3v) is 6.29. The Hall–Kier alpha value is -3.67. The molecular weight excluding hydrogens is 453 g/mol. The first kappa shape index (κ1) is 25.4. The molecule has 0 radical (unpaired) electrons. The molecule has 0 fully saturated rings. The molecule has 4 rings (SSSR count). The number of ether oxygens (including phenoxy) is 1. The van der Waals surface area contributed by atoms with Crippen LogP contribution in [-0.4, -0.2) is 28.6 Å². The number of halogens is 1. The molecular formula is C30H34FN3O2. The van der Waals surface area contributed by atoms with Gasteiger partial charge >= 0.3 is 0 Å². The molecule has 0 aliphatic rings. The van der Waals surface area contributed by atoms with Crippen LogP contribution in [0.3, 0.4) is 0 Å². The molecule has 0 atom stereocenters. The van der Waals surface area contributed by atoms with Crippen LogP contribution in [-0.2, 0) is 13.0 Å². The minimum absolute atomic E-state index is 0.0685. The first-order valence-electron chi connectivity index (χ1n) is 12.6. The van der Waals surface area contributed by atoms with Gasteiger partial charge in [-0.05, 0) is 67.1 Å². The van der Waals surface area contributed by atoms with Crippen LogP contribution in [0.15, 0.2) is 66.7 Å². The van der Waals surface area contributed by atoms with E-state index in [0.29, 0.717) is 31.9 Å². The summed E-state index contributed by atoms with van der Waals surface area (Å²) in [6.07, 6.45) is 2.27. The quantitative estimate of drug-likeness (QED) is 0.248. The summed E-state index contributed by atoms with van der Waals surface area (Å²) in [5.41, 5.74) is 4.55. The number of nitrogens with zero attached hydrogens (tertiary/aromatic N) is 2. The van der Waals surface area contributed by atoms with Gasteiger partial charge in [0.15, 0.2) is 0 Å². The lowest BCUT2D eigenvalue weighted by Gasteiger charge is -2.15. The average molecular weight is 488 g/mol. The second kappa shape index (κ2) is 11.8. The van der Waals surface area contributed by atoms with E-state index in [9.17, 15) is 9.18 Å². The van der Waals surface area contributed by atoms with E-state index in [-0.39, 0.29) is 5.56 Å². The van der Waals surface area contributed by atoms with Crippen molar-refractivity contribution in [2.24, 2.45) is 0 Å². The summed E-state index contributed by atoms with van der Waals surface area (Å²) in [4.78, 5) is 17.1. The Kier molecular flexibility index (Phi) is 8.36. The monoisotopic (exact) mass is 487 g/mol. The first-order chi connectivity index (χ1) is 17.4. The predicted molar refractivity (Wildman–Crippen MR) is 142 cm³/mol. The van der Waals surface area contributed by atoms with Crippen molar-refractivity contribution in [2.75, 3.05) is 13.2 Å². The van der Waals surface area contributed by atoms with Gasteiger partial charge in [0.05, 0.1) is 23.2 Å². The highest BCUT2D eigenvalue weighted by Crippen LogP contribution is 2.27. The van der Waals surface area contributed by atoms with E-state index in [1.807, 2.05) is 18.2 Å². The summed E-state index contributed by atoms with van der Waals surface area (Å²) in [6, 6.07) is 20.5. The van der Waals surface area contributed by atoms with E-state index in [1.165, 1.54) is 23.3 Å². The number of carbonyl (C=O) groups is 1. The number of hydrogen-bond acceptors (Lipinski definition) is 3. The largest absolute Gasteiger partial charge is 0.493 e. The molecule has 3 aromatic carbocycles. The average Bonchev–Trinajstić information content (AvgIpc) is 3.21. The van der Waals surface area contributed by atoms with Gasteiger partial charge < -0.3 is 14.6 Å². The Labute approximate surface area is 212 Å². The number of nitrogens with one attached hydrogen (secondary N) is 1. The smallest absolute Gasteiger partial charge is 0.254 e. The number of hydrogen-bond donors (Lipinski definition) is 1. The van der Waals surface area contributed by atoms with Crippen LogP contribution in [0.5, 0.6) is 5.75 Å². The molecule has 6 heteroatoms. The van der Waals surface area contributed by atoms with Crippen LogP contribution < -0.4 is 10.1 Å². The highest BCUT2D eigenvalue weighted by atomic mass is 19.1. The van der Waals surface area contributed by atoms with Gasteiger partial charge in [-0.3, -0.25) is 4.79 Å². The summed E-state index contributed by atoms with van der Waals surface area (Å²) in [5.74, 6) is 1.45. The summed E-state index contributed by atoms with van der Waals surface area (Å²) >= 11 is 0. The summed E-state index contributed by atoms with van der Waals surface area (Å²) in [6.45, 7) is 8.30. The first-order valence-corrected chi connectivity index (χ1v) is 12.6. The fourth-order valence-electron chi connectivity index (χ4n) is 4.40. The molecule has 4 aromatic rings. The van der Waals surface area contributed by atoms with E-state index in [0.717, 1.165) is 35.6 Å². The van der Waals surface area contributed by atoms with Gasteiger partial charge in [0, 0.05) is 19.5 Å². The van der Waals surface area contributed by atoms with Gasteiger partial charge in [0.25, 0.3) is 5.91 Å². The highest BCUT2D eigenvalue weighted by Gasteiger charge is 2.13. The third kappa shape index (κ3) is 6.11. The summed E-state index contributed by atoms with van der Waals surface area (Å²) in [7, 11) is 0. The summed E-state index contributed by atoms with van der Waals surface area (Å²) < 4.78 is 22.3.